The van der Waals surface area contributed by atoms with Crippen LogP contribution in [0.15, 0.2) is 48.7 Å². The monoisotopic (exact) mass is 252 g/mol. The maximum atomic E-state index is 11.1. The van der Waals surface area contributed by atoms with Gasteiger partial charge in [-0.2, -0.15) is 0 Å². The molecule has 0 saturated carbocycles. The van der Waals surface area contributed by atoms with E-state index in [1.807, 2.05) is 36.4 Å². The van der Waals surface area contributed by atoms with E-state index in [0.29, 0.717) is 0 Å². The van der Waals surface area contributed by atoms with Crippen LogP contribution >= 0.6 is 0 Å². The molecule has 4 nitrogen and oxygen atoms in total. The Morgan fingerprint density at radius 3 is 2.68 bits per heavy atom. The van der Waals surface area contributed by atoms with Gasteiger partial charge in [-0.25, -0.2) is 4.79 Å². The van der Waals surface area contributed by atoms with Crippen LogP contribution in [0, 0.1) is 0 Å². The zero-order chi connectivity index (χ0) is 13.4. The van der Waals surface area contributed by atoms with Gasteiger partial charge in [0.05, 0.1) is 11.2 Å². The molecule has 0 aliphatic rings. The van der Waals surface area contributed by atoms with E-state index >= 15 is 0 Å². The van der Waals surface area contributed by atoms with E-state index in [2.05, 4.69) is 4.98 Å². The zero-order valence-electron chi connectivity index (χ0n) is 10.4. The summed E-state index contributed by atoms with van der Waals surface area (Å²) in [4.78, 5) is 15.5. The number of carbonyl (C=O) groups is 1. The summed E-state index contributed by atoms with van der Waals surface area (Å²) in [6.45, 7) is 0. The number of nitrogens with zero attached hydrogens (tertiary/aromatic N) is 2. The minimum absolute atomic E-state index is 0.267. The van der Waals surface area contributed by atoms with Gasteiger partial charge < -0.3 is 9.67 Å². The molecule has 1 N–H and O–H groups in total. The first-order valence-electron chi connectivity index (χ1n) is 5.91. The molecule has 0 aliphatic carbocycles. The lowest BCUT2D eigenvalue weighted by molar-refractivity contribution is 0.0687. The predicted molar refractivity (Wildman–Crippen MR) is 73.1 cm³/mol. The molecule has 0 atom stereocenters. The van der Waals surface area contributed by atoms with Crippen LogP contribution < -0.4 is 0 Å². The Bertz CT molecular complexity index is 769. The second-order valence-electron chi connectivity index (χ2n) is 4.35. The molecule has 4 heteroatoms. The van der Waals surface area contributed by atoms with Crippen molar-refractivity contribution in [1.29, 1.82) is 0 Å². The first-order valence-corrected chi connectivity index (χ1v) is 5.91. The van der Waals surface area contributed by atoms with E-state index in [9.17, 15) is 4.79 Å². The highest BCUT2D eigenvalue weighted by atomic mass is 16.4. The van der Waals surface area contributed by atoms with E-state index in [4.69, 9.17) is 5.11 Å². The van der Waals surface area contributed by atoms with E-state index in [1.165, 1.54) is 0 Å². The number of rotatable bonds is 2. The van der Waals surface area contributed by atoms with Crippen molar-refractivity contribution < 1.29 is 9.90 Å². The van der Waals surface area contributed by atoms with Crippen molar-refractivity contribution in [2.45, 2.75) is 0 Å². The number of para-hydroxylation sites is 1. The number of carboxylic acid groups (broad SMARTS) is 1. The number of carboxylic acids is 1. The van der Waals surface area contributed by atoms with Crippen molar-refractivity contribution in [3.05, 3.63) is 54.4 Å². The molecule has 0 saturated heterocycles. The van der Waals surface area contributed by atoms with Gasteiger partial charge >= 0.3 is 5.97 Å². The van der Waals surface area contributed by atoms with Crippen LogP contribution in [0.4, 0.5) is 0 Å². The Morgan fingerprint density at radius 2 is 1.95 bits per heavy atom. The summed E-state index contributed by atoms with van der Waals surface area (Å²) >= 11 is 0. The Labute approximate surface area is 109 Å². The topological polar surface area (TPSA) is 55.1 Å². The largest absolute Gasteiger partial charge is 0.477 e. The number of pyridine rings is 1. The summed E-state index contributed by atoms with van der Waals surface area (Å²) < 4.78 is 1.67. The highest BCUT2D eigenvalue weighted by molar-refractivity contribution is 5.94. The lowest BCUT2D eigenvalue weighted by Gasteiger charge is -2.08. The third-order valence-corrected chi connectivity index (χ3v) is 3.25. The molecule has 3 aromatic rings. The first kappa shape index (κ1) is 11.5. The predicted octanol–water partition coefficient (Wildman–Crippen LogP) is 2.94. The number of hydrogen-bond acceptors (Lipinski definition) is 2. The molecule has 94 valence electrons. The molecule has 0 radical (unpaired) electrons. The highest BCUT2D eigenvalue weighted by Crippen LogP contribution is 2.28. The maximum Gasteiger partial charge on any atom is 0.352 e. The molecule has 19 heavy (non-hydrogen) atoms. The SMILES string of the molecule is Cn1c(C(=O)O)ccc1-c1cccc2cccnc12. The molecule has 3 rings (SSSR count). The minimum atomic E-state index is -0.929. The Balaban J connectivity index is 2.28. The lowest BCUT2D eigenvalue weighted by Crippen LogP contribution is -2.05. The standard InChI is InChI=1S/C15H12N2O2/c1-17-12(7-8-13(17)15(18)19)11-6-2-4-10-5-3-9-16-14(10)11/h2-9H,1H3,(H,18,19). The van der Waals surface area contributed by atoms with Gasteiger partial charge in [0, 0.05) is 24.2 Å². The fourth-order valence-corrected chi connectivity index (χ4v) is 2.31. The average Bonchev–Trinajstić information content (AvgIpc) is 2.80. The van der Waals surface area contributed by atoms with E-state index < -0.39 is 5.97 Å². The molecule has 0 bridgehead atoms. The molecule has 0 aliphatic heterocycles. The Kier molecular flexibility index (Phi) is 2.56. The van der Waals surface area contributed by atoms with Crippen LogP contribution in [0.25, 0.3) is 22.2 Å². The smallest absolute Gasteiger partial charge is 0.352 e. The molecule has 2 heterocycles. The third-order valence-electron chi connectivity index (χ3n) is 3.25. The fourth-order valence-electron chi connectivity index (χ4n) is 2.31. The van der Waals surface area contributed by atoms with Crippen molar-refractivity contribution in [3.63, 3.8) is 0 Å². The van der Waals surface area contributed by atoms with Gasteiger partial charge in [-0.15, -0.1) is 0 Å². The Morgan fingerprint density at radius 1 is 1.16 bits per heavy atom. The summed E-state index contributed by atoms with van der Waals surface area (Å²) in [5.41, 5.74) is 2.93. The summed E-state index contributed by atoms with van der Waals surface area (Å²) in [6, 6.07) is 13.2. The van der Waals surface area contributed by atoms with Crippen LogP contribution in [0.5, 0.6) is 0 Å². The molecular weight excluding hydrogens is 240 g/mol. The lowest BCUT2D eigenvalue weighted by atomic mass is 10.1. The maximum absolute atomic E-state index is 11.1. The molecule has 0 fully saturated rings. The van der Waals surface area contributed by atoms with Gasteiger partial charge in [0.1, 0.15) is 5.69 Å². The van der Waals surface area contributed by atoms with Gasteiger partial charge in [-0.1, -0.05) is 24.3 Å². The van der Waals surface area contributed by atoms with Crippen molar-refractivity contribution in [1.82, 2.24) is 9.55 Å². The summed E-state index contributed by atoms with van der Waals surface area (Å²) in [5, 5.41) is 10.1. The molecule has 2 aromatic heterocycles. The second-order valence-corrected chi connectivity index (χ2v) is 4.35. The average molecular weight is 252 g/mol. The highest BCUT2D eigenvalue weighted by Gasteiger charge is 2.14. The molecule has 0 amide bonds. The van der Waals surface area contributed by atoms with Gasteiger partial charge in [0.15, 0.2) is 0 Å². The quantitative estimate of drug-likeness (QED) is 0.763. The number of aromatic nitrogens is 2. The second kappa shape index (κ2) is 4.24. The summed E-state index contributed by atoms with van der Waals surface area (Å²) in [6.07, 6.45) is 1.74. The first-order chi connectivity index (χ1) is 9.18. The minimum Gasteiger partial charge on any atom is -0.477 e. The summed E-state index contributed by atoms with van der Waals surface area (Å²) in [7, 11) is 1.75. The fraction of sp³-hybridized carbons (Fsp3) is 0.0667. The number of fused-ring (bicyclic) bond motifs is 1. The van der Waals surface area contributed by atoms with Crippen molar-refractivity contribution in [2.75, 3.05) is 0 Å². The molecule has 0 spiro atoms. The number of hydrogen-bond donors (Lipinski definition) is 1. The van der Waals surface area contributed by atoms with Crippen molar-refractivity contribution in [3.8, 4) is 11.3 Å². The van der Waals surface area contributed by atoms with Gasteiger partial charge in [0.25, 0.3) is 0 Å². The van der Waals surface area contributed by atoms with Crippen LogP contribution in [-0.4, -0.2) is 20.6 Å². The molecular formula is C15H12N2O2. The van der Waals surface area contributed by atoms with Gasteiger partial charge in [0.2, 0.25) is 0 Å². The third kappa shape index (κ3) is 1.78. The van der Waals surface area contributed by atoms with Crippen LogP contribution in [0.1, 0.15) is 10.5 Å². The van der Waals surface area contributed by atoms with E-state index in [-0.39, 0.29) is 5.69 Å². The van der Waals surface area contributed by atoms with Crippen LogP contribution in [0.2, 0.25) is 0 Å². The Hall–Kier alpha value is -2.62. The number of benzene rings is 1. The summed E-state index contributed by atoms with van der Waals surface area (Å²) in [5.74, 6) is -0.929. The molecule has 1 aromatic carbocycles. The zero-order valence-corrected chi connectivity index (χ0v) is 10.4. The van der Waals surface area contributed by atoms with Crippen molar-refractivity contribution in [2.24, 2.45) is 7.05 Å². The van der Waals surface area contributed by atoms with E-state index in [1.54, 1.807) is 23.9 Å². The number of aromatic carboxylic acids is 1. The molecule has 0 unspecified atom stereocenters. The van der Waals surface area contributed by atoms with E-state index in [0.717, 1.165) is 22.2 Å². The normalized spacial score (nSPS) is 10.8. The van der Waals surface area contributed by atoms with Crippen LogP contribution in [0.3, 0.4) is 0 Å². The van der Waals surface area contributed by atoms with Crippen molar-refractivity contribution >= 4 is 16.9 Å². The van der Waals surface area contributed by atoms with Crippen LogP contribution in [-0.2, 0) is 7.05 Å². The van der Waals surface area contributed by atoms with Gasteiger partial charge in [-0.05, 0) is 18.2 Å². The van der Waals surface area contributed by atoms with Gasteiger partial charge in [-0.3, -0.25) is 4.98 Å².